The summed E-state index contributed by atoms with van der Waals surface area (Å²) < 4.78 is 0. The van der Waals surface area contributed by atoms with Crippen LogP contribution < -0.4 is 5.32 Å². The van der Waals surface area contributed by atoms with Crippen molar-refractivity contribution >= 4 is 11.3 Å². The first-order valence-electron chi connectivity index (χ1n) is 8.27. The van der Waals surface area contributed by atoms with Gasteiger partial charge in [-0.1, -0.05) is 39.7 Å². The van der Waals surface area contributed by atoms with Crippen LogP contribution in [0, 0.1) is 0 Å². The number of hydrogen-bond acceptors (Lipinski definition) is 3. The molecule has 1 atom stereocenters. The maximum Gasteiger partial charge on any atom is 0.0365 e. The molecule has 0 saturated heterocycles. The second-order valence-electron chi connectivity index (χ2n) is 5.88. The Morgan fingerprint density at radius 1 is 1.25 bits per heavy atom. The summed E-state index contributed by atoms with van der Waals surface area (Å²) in [6, 6.07) is 5.07. The highest BCUT2D eigenvalue weighted by atomic mass is 32.1. The monoisotopic (exact) mass is 294 g/mol. The first-order chi connectivity index (χ1) is 9.76. The Labute approximate surface area is 128 Å². The third-order valence-corrected chi connectivity index (χ3v) is 5.85. The maximum absolute atomic E-state index is 3.82. The van der Waals surface area contributed by atoms with Crippen LogP contribution in [0.1, 0.15) is 51.3 Å². The van der Waals surface area contributed by atoms with Gasteiger partial charge in [-0.15, -0.1) is 11.3 Å². The number of thiophene rings is 1. The Kier molecular flexibility index (Phi) is 6.06. The highest BCUT2D eigenvalue weighted by Crippen LogP contribution is 2.39. The van der Waals surface area contributed by atoms with Gasteiger partial charge in [0.2, 0.25) is 0 Å². The summed E-state index contributed by atoms with van der Waals surface area (Å²) in [5.74, 6) is 0. The van der Waals surface area contributed by atoms with Crippen molar-refractivity contribution in [2.75, 3.05) is 19.6 Å². The van der Waals surface area contributed by atoms with Gasteiger partial charge in [-0.05, 0) is 50.3 Å². The first-order valence-corrected chi connectivity index (χ1v) is 9.15. The maximum atomic E-state index is 3.82. The van der Waals surface area contributed by atoms with Gasteiger partial charge in [-0.2, -0.15) is 0 Å². The lowest BCUT2D eigenvalue weighted by atomic mass is 9.83. The van der Waals surface area contributed by atoms with Crippen LogP contribution >= 0.6 is 11.3 Å². The van der Waals surface area contributed by atoms with E-state index in [1.165, 1.54) is 50.1 Å². The van der Waals surface area contributed by atoms with Gasteiger partial charge in [-0.25, -0.2) is 0 Å². The number of nitrogens with zero attached hydrogens (tertiary/aromatic N) is 1. The number of rotatable bonds is 8. The molecule has 1 unspecified atom stereocenters. The average Bonchev–Trinajstić information content (AvgIpc) is 3.11. The summed E-state index contributed by atoms with van der Waals surface area (Å²) in [4.78, 5) is 4.25. The first kappa shape index (κ1) is 16.0. The molecule has 0 radical (unpaired) electrons. The minimum absolute atomic E-state index is 0.378. The fourth-order valence-electron chi connectivity index (χ4n) is 4.05. The van der Waals surface area contributed by atoms with Crippen LogP contribution in [0.2, 0.25) is 0 Å². The molecule has 3 heteroatoms. The minimum atomic E-state index is 0.378. The van der Waals surface area contributed by atoms with Crippen LogP contribution in [0.4, 0.5) is 0 Å². The summed E-state index contributed by atoms with van der Waals surface area (Å²) in [5.41, 5.74) is 0.378. The van der Waals surface area contributed by atoms with E-state index in [0.29, 0.717) is 11.6 Å². The molecule has 114 valence electrons. The molecule has 0 amide bonds. The Balaban J connectivity index is 2.22. The normalized spacial score (nSPS) is 19.6. The lowest BCUT2D eigenvalue weighted by Crippen LogP contribution is -2.60. The van der Waals surface area contributed by atoms with Crippen LogP contribution in [0.3, 0.4) is 0 Å². The second kappa shape index (κ2) is 7.58. The van der Waals surface area contributed by atoms with E-state index in [1.54, 1.807) is 0 Å². The largest absolute Gasteiger partial charge is 0.312 e. The van der Waals surface area contributed by atoms with Crippen molar-refractivity contribution in [3.8, 4) is 0 Å². The van der Waals surface area contributed by atoms with Gasteiger partial charge in [0.05, 0.1) is 0 Å². The third kappa shape index (κ3) is 3.26. The van der Waals surface area contributed by atoms with Gasteiger partial charge < -0.3 is 5.32 Å². The molecule has 2 nitrogen and oxygen atoms in total. The van der Waals surface area contributed by atoms with Crippen molar-refractivity contribution < 1.29 is 0 Å². The third-order valence-electron chi connectivity index (χ3n) is 4.95. The van der Waals surface area contributed by atoms with E-state index in [2.05, 4.69) is 48.5 Å². The van der Waals surface area contributed by atoms with Crippen molar-refractivity contribution in [1.82, 2.24) is 10.2 Å². The molecule has 1 heterocycles. The molecule has 1 aliphatic carbocycles. The predicted molar refractivity (Wildman–Crippen MR) is 89.6 cm³/mol. The van der Waals surface area contributed by atoms with E-state index in [4.69, 9.17) is 0 Å². The molecule has 1 saturated carbocycles. The molecule has 1 aliphatic rings. The Hall–Kier alpha value is -0.380. The van der Waals surface area contributed by atoms with Crippen LogP contribution in [0.25, 0.3) is 0 Å². The van der Waals surface area contributed by atoms with Crippen molar-refractivity contribution in [2.24, 2.45) is 0 Å². The molecular weight excluding hydrogens is 264 g/mol. The van der Waals surface area contributed by atoms with E-state index in [0.717, 1.165) is 6.54 Å². The van der Waals surface area contributed by atoms with Crippen LogP contribution in [-0.4, -0.2) is 36.1 Å². The summed E-state index contributed by atoms with van der Waals surface area (Å²) in [6.45, 7) is 10.3. The van der Waals surface area contributed by atoms with Crippen molar-refractivity contribution in [3.63, 3.8) is 0 Å². The van der Waals surface area contributed by atoms with E-state index >= 15 is 0 Å². The Morgan fingerprint density at radius 2 is 1.95 bits per heavy atom. The Bertz CT molecular complexity index is 364. The van der Waals surface area contributed by atoms with Crippen molar-refractivity contribution in [2.45, 2.75) is 64.5 Å². The highest BCUT2D eigenvalue weighted by molar-refractivity contribution is 7.09. The minimum Gasteiger partial charge on any atom is -0.312 e. The lowest BCUT2D eigenvalue weighted by molar-refractivity contribution is 0.0638. The SMILES string of the molecule is CCNC(Cc1cccs1)C1(N(CC)CC)CCCC1. The van der Waals surface area contributed by atoms with Gasteiger partial charge in [0.25, 0.3) is 0 Å². The molecule has 0 aromatic carbocycles. The number of nitrogens with one attached hydrogen (secondary N) is 1. The number of likely N-dealkylation sites (N-methyl/N-ethyl adjacent to an activating group) is 2. The number of hydrogen-bond donors (Lipinski definition) is 1. The van der Waals surface area contributed by atoms with Gasteiger partial charge in [0.1, 0.15) is 0 Å². The second-order valence-corrected chi connectivity index (χ2v) is 6.91. The van der Waals surface area contributed by atoms with Crippen LogP contribution in [0.15, 0.2) is 17.5 Å². The van der Waals surface area contributed by atoms with E-state index in [9.17, 15) is 0 Å². The van der Waals surface area contributed by atoms with Crippen molar-refractivity contribution in [1.29, 1.82) is 0 Å². The summed E-state index contributed by atoms with van der Waals surface area (Å²) in [5, 5.41) is 6.02. The molecule has 1 aromatic heterocycles. The predicted octanol–water partition coefficient (Wildman–Crippen LogP) is 3.92. The summed E-state index contributed by atoms with van der Waals surface area (Å²) in [7, 11) is 0. The molecule has 0 aliphatic heterocycles. The van der Waals surface area contributed by atoms with Gasteiger partial charge >= 0.3 is 0 Å². The molecule has 0 spiro atoms. The highest BCUT2D eigenvalue weighted by Gasteiger charge is 2.44. The smallest absolute Gasteiger partial charge is 0.0365 e. The van der Waals surface area contributed by atoms with Gasteiger partial charge in [0, 0.05) is 16.5 Å². The van der Waals surface area contributed by atoms with E-state index < -0.39 is 0 Å². The molecule has 0 bridgehead atoms. The van der Waals surface area contributed by atoms with Crippen LogP contribution in [0.5, 0.6) is 0 Å². The van der Waals surface area contributed by atoms with Gasteiger partial charge in [0.15, 0.2) is 0 Å². The molecule has 1 N–H and O–H groups in total. The Morgan fingerprint density at radius 3 is 2.45 bits per heavy atom. The summed E-state index contributed by atoms with van der Waals surface area (Å²) in [6.07, 6.45) is 6.68. The standard InChI is InChI=1S/C17H30N2S/c1-4-18-16(14-15-10-9-13-20-15)17(11-7-8-12-17)19(5-2)6-3/h9-10,13,16,18H,4-8,11-12,14H2,1-3H3. The molecular formula is C17H30N2S. The van der Waals surface area contributed by atoms with Gasteiger partial charge in [-0.3, -0.25) is 4.90 Å². The fraction of sp³-hybridized carbons (Fsp3) is 0.765. The average molecular weight is 295 g/mol. The zero-order valence-corrected chi connectivity index (χ0v) is 14.1. The fourth-order valence-corrected chi connectivity index (χ4v) is 4.81. The molecule has 1 aromatic rings. The zero-order chi connectivity index (χ0) is 14.4. The van der Waals surface area contributed by atoms with Crippen molar-refractivity contribution in [3.05, 3.63) is 22.4 Å². The van der Waals surface area contributed by atoms with E-state index in [1.807, 2.05) is 11.3 Å². The lowest BCUT2D eigenvalue weighted by Gasteiger charge is -2.46. The quantitative estimate of drug-likeness (QED) is 0.781. The molecule has 20 heavy (non-hydrogen) atoms. The topological polar surface area (TPSA) is 15.3 Å². The molecule has 2 rings (SSSR count). The zero-order valence-electron chi connectivity index (χ0n) is 13.3. The van der Waals surface area contributed by atoms with Crippen LogP contribution in [-0.2, 0) is 6.42 Å². The molecule has 1 fully saturated rings. The summed E-state index contributed by atoms with van der Waals surface area (Å²) >= 11 is 1.90. The van der Waals surface area contributed by atoms with E-state index in [-0.39, 0.29) is 0 Å².